The summed E-state index contributed by atoms with van der Waals surface area (Å²) in [5, 5.41) is 2.97. The lowest BCUT2D eigenvalue weighted by Gasteiger charge is -2.47. The predicted molar refractivity (Wildman–Crippen MR) is 106 cm³/mol. The highest BCUT2D eigenvalue weighted by atomic mass is 16.5. The normalized spacial score (nSPS) is 24.2. The number of hydrogen-bond donors (Lipinski definition) is 1. The first-order valence-electron chi connectivity index (χ1n) is 9.91. The van der Waals surface area contributed by atoms with Gasteiger partial charge in [0, 0.05) is 50.5 Å². The SMILES string of the molecule is CCOCC(=O)NC[C@H]1[C@H]2C[C@H](CN(CC=C(C)C)C2)c2cccc(=O)n21. The van der Waals surface area contributed by atoms with Crippen molar-refractivity contribution in [2.75, 3.05) is 39.4 Å². The summed E-state index contributed by atoms with van der Waals surface area (Å²) in [7, 11) is 0. The molecular formula is C21H31N3O3. The third-order valence-electron chi connectivity index (χ3n) is 5.58. The summed E-state index contributed by atoms with van der Waals surface area (Å²) >= 11 is 0. The molecule has 0 saturated carbocycles. The molecule has 3 heterocycles. The van der Waals surface area contributed by atoms with E-state index in [1.807, 2.05) is 17.6 Å². The second kappa shape index (κ2) is 8.85. The summed E-state index contributed by atoms with van der Waals surface area (Å²) in [4.78, 5) is 27.1. The number of fused-ring (bicyclic) bond motifs is 4. The molecule has 1 fully saturated rings. The summed E-state index contributed by atoms with van der Waals surface area (Å²) in [6.07, 6.45) is 3.33. The fraction of sp³-hybridized carbons (Fsp3) is 0.619. The lowest BCUT2D eigenvalue weighted by atomic mass is 9.78. The maximum atomic E-state index is 12.6. The van der Waals surface area contributed by atoms with E-state index in [1.165, 1.54) is 5.57 Å². The Hall–Kier alpha value is -1.92. The monoisotopic (exact) mass is 373 g/mol. The second-order valence-corrected chi connectivity index (χ2v) is 7.86. The van der Waals surface area contributed by atoms with E-state index in [2.05, 4.69) is 36.2 Å². The Morgan fingerprint density at radius 3 is 2.89 bits per heavy atom. The molecule has 2 aliphatic rings. The van der Waals surface area contributed by atoms with Crippen LogP contribution in [0.3, 0.4) is 0 Å². The molecule has 6 nitrogen and oxygen atoms in total. The summed E-state index contributed by atoms with van der Waals surface area (Å²) in [6, 6.07) is 5.54. The Balaban J connectivity index is 1.81. The van der Waals surface area contributed by atoms with E-state index in [1.54, 1.807) is 6.07 Å². The maximum Gasteiger partial charge on any atom is 0.251 e. The fourth-order valence-corrected chi connectivity index (χ4v) is 4.32. The Labute approximate surface area is 161 Å². The standard InChI is InChI=1S/C21H31N3O3/c1-4-27-14-20(25)22-11-19-17-10-16(12-23(13-17)9-8-15(2)3)18-6-5-7-21(26)24(18)19/h5-8,16-17,19H,4,9-14H2,1-3H3,(H,22,25)/t16-,17+,19+/m1/s1. The number of nitrogens with one attached hydrogen (secondary N) is 1. The van der Waals surface area contributed by atoms with Gasteiger partial charge in [0.1, 0.15) is 6.61 Å². The van der Waals surface area contributed by atoms with E-state index >= 15 is 0 Å². The smallest absolute Gasteiger partial charge is 0.251 e. The van der Waals surface area contributed by atoms with Crippen molar-refractivity contribution in [1.29, 1.82) is 0 Å². The molecule has 1 amide bonds. The molecule has 1 aromatic heterocycles. The Morgan fingerprint density at radius 2 is 2.15 bits per heavy atom. The van der Waals surface area contributed by atoms with Crippen LogP contribution in [0.5, 0.6) is 0 Å². The fourth-order valence-electron chi connectivity index (χ4n) is 4.32. The summed E-state index contributed by atoms with van der Waals surface area (Å²) in [5.41, 5.74) is 2.45. The minimum Gasteiger partial charge on any atom is -0.372 e. The van der Waals surface area contributed by atoms with Crippen LogP contribution in [-0.4, -0.2) is 54.8 Å². The first kappa shape index (κ1) is 19.8. The summed E-state index contributed by atoms with van der Waals surface area (Å²) in [5.74, 6) is 0.606. The van der Waals surface area contributed by atoms with E-state index in [0.29, 0.717) is 25.0 Å². The van der Waals surface area contributed by atoms with Crippen molar-refractivity contribution in [3.63, 3.8) is 0 Å². The van der Waals surface area contributed by atoms with Crippen LogP contribution in [0.1, 0.15) is 44.8 Å². The van der Waals surface area contributed by atoms with Gasteiger partial charge in [-0.3, -0.25) is 14.5 Å². The van der Waals surface area contributed by atoms with Gasteiger partial charge in [0.25, 0.3) is 5.56 Å². The average Bonchev–Trinajstić information content (AvgIpc) is 2.65. The van der Waals surface area contributed by atoms with Crippen LogP contribution in [0.4, 0.5) is 0 Å². The minimum absolute atomic E-state index is 0.00923. The van der Waals surface area contributed by atoms with Gasteiger partial charge in [-0.2, -0.15) is 0 Å². The van der Waals surface area contributed by atoms with Gasteiger partial charge >= 0.3 is 0 Å². The van der Waals surface area contributed by atoms with E-state index < -0.39 is 0 Å². The highest BCUT2D eigenvalue weighted by molar-refractivity contribution is 5.77. The molecule has 1 saturated heterocycles. The molecule has 148 valence electrons. The lowest BCUT2D eigenvalue weighted by Crippen LogP contribution is -2.52. The molecule has 0 aliphatic carbocycles. The number of pyridine rings is 1. The highest BCUT2D eigenvalue weighted by Crippen LogP contribution is 2.40. The Morgan fingerprint density at radius 1 is 1.33 bits per heavy atom. The van der Waals surface area contributed by atoms with Crippen LogP contribution >= 0.6 is 0 Å². The van der Waals surface area contributed by atoms with Crippen LogP contribution < -0.4 is 10.9 Å². The molecule has 2 aliphatic heterocycles. The van der Waals surface area contributed by atoms with E-state index in [0.717, 1.165) is 31.7 Å². The van der Waals surface area contributed by atoms with Crippen LogP contribution in [0.2, 0.25) is 0 Å². The maximum absolute atomic E-state index is 12.6. The summed E-state index contributed by atoms with van der Waals surface area (Å²) < 4.78 is 7.11. The largest absolute Gasteiger partial charge is 0.372 e. The number of nitrogens with zero attached hydrogens (tertiary/aromatic N) is 2. The number of amides is 1. The van der Waals surface area contributed by atoms with Crippen LogP contribution in [0.15, 0.2) is 34.6 Å². The average molecular weight is 373 g/mol. The number of likely N-dealkylation sites (tertiary alicyclic amines) is 1. The quantitative estimate of drug-likeness (QED) is 0.742. The molecule has 6 heteroatoms. The first-order valence-corrected chi connectivity index (χ1v) is 9.91. The number of carbonyl (C=O) groups is 1. The van der Waals surface area contributed by atoms with Crippen LogP contribution in [0, 0.1) is 5.92 Å². The zero-order chi connectivity index (χ0) is 19.4. The van der Waals surface area contributed by atoms with E-state index in [-0.39, 0.29) is 24.1 Å². The zero-order valence-corrected chi connectivity index (χ0v) is 16.6. The van der Waals surface area contributed by atoms with Gasteiger partial charge in [-0.1, -0.05) is 17.7 Å². The lowest BCUT2D eigenvalue weighted by molar-refractivity contribution is -0.125. The molecule has 3 atom stereocenters. The van der Waals surface area contributed by atoms with Crippen molar-refractivity contribution in [3.8, 4) is 0 Å². The first-order chi connectivity index (χ1) is 13.0. The van der Waals surface area contributed by atoms with Gasteiger partial charge in [0.05, 0.1) is 6.04 Å². The van der Waals surface area contributed by atoms with Gasteiger partial charge in [-0.05, 0) is 39.2 Å². The summed E-state index contributed by atoms with van der Waals surface area (Å²) in [6.45, 7) is 10.0. The number of piperidine rings is 1. The van der Waals surface area contributed by atoms with Crippen molar-refractivity contribution >= 4 is 5.91 Å². The van der Waals surface area contributed by atoms with Crippen molar-refractivity contribution in [3.05, 3.63) is 45.9 Å². The van der Waals surface area contributed by atoms with Crippen LogP contribution in [0.25, 0.3) is 0 Å². The molecule has 0 spiro atoms. The third kappa shape index (κ3) is 4.68. The number of hydrogen-bond acceptors (Lipinski definition) is 4. The molecule has 1 aromatic rings. The van der Waals surface area contributed by atoms with Crippen molar-refractivity contribution in [2.45, 2.75) is 39.2 Å². The molecule has 3 rings (SSSR count). The molecule has 0 aromatic carbocycles. The van der Waals surface area contributed by atoms with Gasteiger partial charge < -0.3 is 14.6 Å². The van der Waals surface area contributed by atoms with Crippen molar-refractivity contribution < 1.29 is 9.53 Å². The minimum atomic E-state index is -0.123. The molecule has 1 N–H and O–H groups in total. The topological polar surface area (TPSA) is 63.6 Å². The van der Waals surface area contributed by atoms with Gasteiger partial charge in [-0.15, -0.1) is 0 Å². The number of carbonyl (C=O) groups excluding carboxylic acids is 1. The van der Waals surface area contributed by atoms with Crippen molar-refractivity contribution in [1.82, 2.24) is 14.8 Å². The van der Waals surface area contributed by atoms with Gasteiger partial charge in [0.2, 0.25) is 5.91 Å². The Kier molecular flexibility index (Phi) is 6.50. The number of allylic oxidation sites excluding steroid dienone is 1. The number of ether oxygens (including phenoxy) is 1. The second-order valence-electron chi connectivity index (χ2n) is 7.86. The molecule has 2 bridgehead atoms. The third-order valence-corrected chi connectivity index (χ3v) is 5.58. The van der Waals surface area contributed by atoms with Crippen LogP contribution in [-0.2, 0) is 9.53 Å². The Bertz CT molecular complexity index is 751. The van der Waals surface area contributed by atoms with Gasteiger partial charge in [0.15, 0.2) is 0 Å². The van der Waals surface area contributed by atoms with E-state index in [4.69, 9.17) is 4.74 Å². The molecule has 0 radical (unpaired) electrons. The number of aromatic nitrogens is 1. The molecule has 27 heavy (non-hydrogen) atoms. The number of rotatable bonds is 7. The van der Waals surface area contributed by atoms with Gasteiger partial charge in [-0.25, -0.2) is 0 Å². The predicted octanol–water partition coefficient (Wildman–Crippen LogP) is 1.93. The zero-order valence-electron chi connectivity index (χ0n) is 16.6. The highest BCUT2D eigenvalue weighted by Gasteiger charge is 2.40. The molecular weight excluding hydrogens is 342 g/mol. The molecule has 0 unspecified atom stereocenters. The van der Waals surface area contributed by atoms with Crippen molar-refractivity contribution in [2.24, 2.45) is 5.92 Å². The van der Waals surface area contributed by atoms with E-state index in [9.17, 15) is 9.59 Å².